The number of benzene rings is 2. The molecule has 0 atom stereocenters. The van der Waals surface area contributed by atoms with Crippen LogP contribution in [0.2, 0.25) is 0 Å². The molecule has 1 radical (unpaired) electrons. The number of carboxylic acids is 3. The third-order valence-corrected chi connectivity index (χ3v) is 9.06. The maximum absolute atomic E-state index is 13.1. The zero-order valence-corrected chi connectivity index (χ0v) is 29.2. The maximum Gasteiger partial charge on any atom is 3.00 e. The first-order chi connectivity index (χ1) is 22.9. The summed E-state index contributed by atoms with van der Waals surface area (Å²) in [7, 11) is -3.98. The topological polar surface area (TPSA) is 222 Å². The zero-order chi connectivity index (χ0) is 34.7. The Kier molecular flexibility index (Phi) is 15.6. The van der Waals surface area contributed by atoms with Gasteiger partial charge in [0.05, 0.1) is 40.6 Å². The number of pyridine rings is 1. The van der Waals surface area contributed by atoms with Crippen LogP contribution in [0.1, 0.15) is 0 Å². The summed E-state index contributed by atoms with van der Waals surface area (Å²) < 4.78 is 28.8. The fraction of sp³-hybridized carbons (Fsp3) is 0.387. The molecule has 0 aliphatic carbocycles. The Labute approximate surface area is 314 Å². The van der Waals surface area contributed by atoms with Crippen molar-refractivity contribution in [3.05, 3.63) is 60.8 Å². The number of anilines is 2. The van der Waals surface area contributed by atoms with Gasteiger partial charge in [0, 0.05) is 89.3 Å². The number of carbonyl (C=O) groups is 4. The smallest absolute Gasteiger partial charge is 0.549 e. The predicted molar refractivity (Wildman–Crippen MR) is 168 cm³/mol. The third kappa shape index (κ3) is 13.1. The molecule has 0 spiro atoms. The third-order valence-electron chi connectivity index (χ3n) is 7.68. The van der Waals surface area contributed by atoms with Gasteiger partial charge in [-0.05, 0) is 36.4 Å². The minimum atomic E-state index is -3.98. The molecular weight excluding hydrogens is 809 g/mol. The minimum Gasteiger partial charge on any atom is -0.549 e. The molecule has 2 heterocycles. The zero-order valence-electron chi connectivity index (χ0n) is 26.4. The molecule has 1 amide bonds. The molecule has 1 aromatic heterocycles. The minimum absolute atomic E-state index is 0. The molecule has 49 heavy (non-hydrogen) atoms. The molecule has 265 valence electrons. The average molecular weight is 845 g/mol. The van der Waals surface area contributed by atoms with Crippen LogP contribution < -0.4 is 25.4 Å². The summed E-state index contributed by atoms with van der Waals surface area (Å²) in [5.74, 6) is -4.38. The Balaban J connectivity index is 0.00000650. The molecule has 4 rings (SSSR count). The van der Waals surface area contributed by atoms with E-state index in [4.69, 9.17) is 0 Å². The van der Waals surface area contributed by atoms with Crippen LogP contribution in [0, 0.1) is 38.2 Å². The van der Waals surface area contributed by atoms with Gasteiger partial charge in [-0.25, -0.2) is 8.42 Å². The van der Waals surface area contributed by atoms with Crippen molar-refractivity contribution < 1.29 is 81.1 Å². The van der Waals surface area contributed by atoms with Crippen LogP contribution in [0.3, 0.4) is 0 Å². The van der Waals surface area contributed by atoms with E-state index in [1.54, 1.807) is 44.0 Å². The van der Waals surface area contributed by atoms with Gasteiger partial charge in [-0.3, -0.25) is 34.1 Å². The number of rotatable bonds is 12. The number of aliphatic carboxylic acids is 3. The number of amides is 1. The summed E-state index contributed by atoms with van der Waals surface area (Å²) in [6.07, 6.45) is 1.57. The van der Waals surface area contributed by atoms with E-state index in [0.29, 0.717) is 16.9 Å². The number of para-hydroxylation sites is 1. The van der Waals surface area contributed by atoms with Gasteiger partial charge in [-0.1, -0.05) is 18.2 Å². The number of nitrogens with zero attached hydrogens (tertiary/aromatic N) is 5. The number of hydrogen-bond acceptors (Lipinski definition) is 14. The number of carboxylic acid groups (broad SMARTS) is 3. The van der Waals surface area contributed by atoms with Gasteiger partial charge in [0.15, 0.2) is 0 Å². The summed E-state index contributed by atoms with van der Waals surface area (Å²) in [5, 5.41) is 37.5. The monoisotopic (exact) mass is 846 g/mol. The summed E-state index contributed by atoms with van der Waals surface area (Å²) in [6, 6.07) is 14.3. The quantitative estimate of drug-likeness (QED) is 0.180. The van der Waals surface area contributed by atoms with Crippen LogP contribution in [-0.4, -0.2) is 135 Å². The Bertz CT molecular complexity index is 1680. The molecule has 0 bridgehead atoms. The molecule has 1 fully saturated rings. The van der Waals surface area contributed by atoms with E-state index in [1.165, 1.54) is 24.3 Å². The Morgan fingerprint density at radius 3 is 1.57 bits per heavy atom. The summed E-state index contributed by atoms with van der Waals surface area (Å²) in [4.78, 5) is 57.7. The fourth-order valence-corrected chi connectivity index (χ4v) is 6.34. The summed E-state index contributed by atoms with van der Waals surface area (Å²) >= 11 is 0. The number of nitrogens with one attached hydrogen (secondary N) is 2. The first-order valence-electron chi connectivity index (χ1n) is 15.1. The van der Waals surface area contributed by atoms with Crippen molar-refractivity contribution in [1.82, 2.24) is 24.6 Å². The largest absolute Gasteiger partial charge is 3.00 e. The fourth-order valence-electron chi connectivity index (χ4n) is 5.27. The van der Waals surface area contributed by atoms with E-state index in [0.717, 1.165) is 5.39 Å². The first kappa shape index (κ1) is 40.0. The molecule has 0 saturated carbocycles. The van der Waals surface area contributed by atoms with E-state index < -0.39 is 53.5 Å². The van der Waals surface area contributed by atoms with Gasteiger partial charge in [0.25, 0.3) is 10.0 Å². The van der Waals surface area contributed by atoms with Gasteiger partial charge in [0.1, 0.15) is 0 Å². The second kappa shape index (κ2) is 19.1. The van der Waals surface area contributed by atoms with Crippen molar-refractivity contribution in [2.45, 2.75) is 4.90 Å². The SMILES string of the molecule is O=C([O-])CN1CCN(CC(=O)[O-])CCN(CC(=O)Nc2ccc(S(=O)(=O)Nc3cccc4cccnc34)cc2)CCN(CC(=O)[O-])CC1.[Dy+3]. The molecule has 16 nitrogen and oxygen atoms in total. The molecule has 2 N–H and O–H groups in total. The van der Waals surface area contributed by atoms with Crippen molar-refractivity contribution in [2.75, 3.05) is 88.6 Å². The van der Waals surface area contributed by atoms with Crippen molar-refractivity contribution in [2.24, 2.45) is 0 Å². The van der Waals surface area contributed by atoms with Gasteiger partial charge in [-0.2, -0.15) is 0 Å². The van der Waals surface area contributed by atoms with Gasteiger partial charge >= 0.3 is 38.2 Å². The molecule has 18 heteroatoms. The van der Waals surface area contributed by atoms with E-state index in [-0.39, 0.29) is 102 Å². The van der Waals surface area contributed by atoms with E-state index >= 15 is 0 Å². The normalized spacial score (nSPS) is 16.1. The first-order valence-corrected chi connectivity index (χ1v) is 16.6. The molecule has 3 aromatic rings. The van der Waals surface area contributed by atoms with Gasteiger partial charge < -0.3 is 35.0 Å². The Morgan fingerprint density at radius 2 is 1.10 bits per heavy atom. The van der Waals surface area contributed by atoms with Crippen LogP contribution in [0.15, 0.2) is 65.7 Å². The van der Waals surface area contributed by atoms with E-state index in [9.17, 15) is 42.9 Å². The molecule has 1 saturated heterocycles. The van der Waals surface area contributed by atoms with Crippen LogP contribution in [0.25, 0.3) is 10.9 Å². The number of sulfonamides is 1. The molecule has 1 aliphatic rings. The predicted octanol–water partition coefficient (Wildman–Crippen LogP) is -3.55. The van der Waals surface area contributed by atoms with Crippen LogP contribution in [0.4, 0.5) is 11.4 Å². The Morgan fingerprint density at radius 1 is 0.653 bits per heavy atom. The van der Waals surface area contributed by atoms with E-state index in [1.807, 2.05) is 12.1 Å². The second-order valence-electron chi connectivity index (χ2n) is 11.3. The number of hydrogen-bond donors (Lipinski definition) is 2. The van der Waals surface area contributed by atoms with Crippen LogP contribution >= 0.6 is 0 Å². The molecule has 0 unspecified atom stereocenters. The average Bonchev–Trinajstić information content (AvgIpc) is 3.02. The van der Waals surface area contributed by atoms with Crippen LogP contribution in [0.5, 0.6) is 0 Å². The number of carbonyl (C=O) groups excluding carboxylic acids is 4. The van der Waals surface area contributed by atoms with Crippen molar-refractivity contribution >= 4 is 56.1 Å². The molecular formula is C31H36DyN7O9S. The summed E-state index contributed by atoms with van der Waals surface area (Å²) in [6.45, 7) is 0.236. The summed E-state index contributed by atoms with van der Waals surface area (Å²) in [5.41, 5.74) is 1.16. The van der Waals surface area contributed by atoms with Gasteiger partial charge in [-0.15, -0.1) is 0 Å². The van der Waals surface area contributed by atoms with E-state index in [2.05, 4.69) is 15.0 Å². The van der Waals surface area contributed by atoms with Crippen molar-refractivity contribution in [3.8, 4) is 0 Å². The standard InChI is InChI=1S/C31H39N7O9S.Dy/c39-27(33-24-6-8-25(9-7-24)48(46,47)34-26-5-1-3-23-4-2-10-32-31(23)26)19-35-11-13-36(20-28(40)41)15-17-38(22-30(44)45)18-16-37(14-12-35)21-29(42)43;/h1-10,34H,11-22H2,(H,33,39)(H,40,41)(H,42,43)(H,44,45);/q;+3/p-3. The molecule has 1 aliphatic heterocycles. The maximum atomic E-state index is 13.1. The Hall–Kier alpha value is -3.41. The van der Waals surface area contributed by atoms with Crippen molar-refractivity contribution in [1.29, 1.82) is 0 Å². The second-order valence-corrected chi connectivity index (χ2v) is 13.0. The van der Waals surface area contributed by atoms with Crippen molar-refractivity contribution in [3.63, 3.8) is 0 Å². The number of aromatic nitrogens is 1. The number of fused-ring (bicyclic) bond motifs is 1. The van der Waals surface area contributed by atoms with Gasteiger partial charge in [0.2, 0.25) is 5.91 Å². The van der Waals surface area contributed by atoms with Crippen LogP contribution in [-0.2, 0) is 29.2 Å². The molecule has 2 aromatic carbocycles.